The Morgan fingerprint density at radius 1 is 1.08 bits per heavy atom. The molecule has 0 atom stereocenters. The lowest BCUT2D eigenvalue weighted by molar-refractivity contribution is 0.0895. The number of hydrogen-bond acceptors (Lipinski definition) is 4. The number of hydrogen-bond donors (Lipinski definition) is 1. The highest BCUT2D eigenvalue weighted by Crippen LogP contribution is 2.20. The van der Waals surface area contributed by atoms with E-state index in [-0.39, 0.29) is 18.6 Å². The van der Waals surface area contributed by atoms with Crippen LogP contribution in [0.1, 0.15) is 48.4 Å². The number of ether oxygens (including phenoxy) is 2. The van der Waals surface area contributed by atoms with E-state index in [1.807, 2.05) is 24.3 Å². The predicted octanol–water partition coefficient (Wildman–Crippen LogP) is 3.93. The Hall–Kier alpha value is -2.43. The van der Waals surface area contributed by atoms with Gasteiger partial charge in [0.15, 0.2) is 5.76 Å². The maximum absolute atomic E-state index is 12.2. The minimum absolute atomic E-state index is 0.141. The van der Waals surface area contributed by atoms with E-state index < -0.39 is 0 Å². The van der Waals surface area contributed by atoms with Gasteiger partial charge in [-0.05, 0) is 49.2 Å². The average Bonchev–Trinajstić information content (AvgIpc) is 3.10. The molecule has 0 saturated heterocycles. The van der Waals surface area contributed by atoms with Crippen LogP contribution in [0, 0.1) is 0 Å². The molecule has 2 aromatic rings. The standard InChI is InChI=1S/C19H23NO4/c1-22-15-7-9-16(10-8-15)23-13-17-11-12-18(24-17)19(21)20-14-5-3-2-4-6-14/h7-12,14H,2-6,13H2,1H3,(H,20,21). The molecule has 1 aliphatic rings. The Labute approximate surface area is 141 Å². The fraction of sp³-hybridized carbons (Fsp3) is 0.421. The molecule has 1 N–H and O–H groups in total. The fourth-order valence-electron chi connectivity index (χ4n) is 2.91. The van der Waals surface area contributed by atoms with Crippen molar-refractivity contribution < 1.29 is 18.7 Å². The molecule has 128 valence electrons. The summed E-state index contributed by atoms with van der Waals surface area (Å²) in [6, 6.07) is 11.1. The first-order chi connectivity index (χ1) is 11.7. The van der Waals surface area contributed by atoms with Gasteiger partial charge in [0.05, 0.1) is 7.11 Å². The maximum Gasteiger partial charge on any atom is 0.287 e. The van der Waals surface area contributed by atoms with E-state index in [0.717, 1.165) is 24.3 Å². The lowest BCUT2D eigenvalue weighted by Gasteiger charge is -2.22. The molecule has 0 bridgehead atoms. The monoisotopic (exact) mass is 329 g/mol. The van der Waals surface area contributed by atoms with Crippen molar-refractivity contribution in [3.05, 3.63) is 47.9 Å². The SMILES string of the molecule is COc1ccc(OCc2ccc(C(=O)NC3CCCCC3)o2)cc1. The van der Waals surface area contributed by atoms with Crippen molar-refractivity contribution in [3.63, 3.8) is 0 Å². The number of methoxy groups -OCH3 is 1. The van der Waals surface area contributed by atoms with Crippen molar-refractivity contribution in [2.24, 2.45) is 0 Å². The van der Waals surface area contributed by atoms with Gasteiger partial charge >= 0.3 is 0 Å². The molecule has 1 fully saturated rings. The Balaban J connectivity index is 1.51. The van der Waals surface area contributed by atoms with Crippen molar-refractivity contribution in [1.29, 1.82) is 0 Å². The van der Waals surface area contributed by atoms with Gasteiger partial charge in [0.1, 0.15) is 23.9 Å². The molecule has 0 spiro atoms. The Morgan fingerprint density at radius 2 is 1.79 bits per heavy atom. The van der Waals surface area contributed by atoms with E-state index in [4.69, 9.17) is 13.9 Å². The molecular formula is C19H23NO4. The van der Waals surface area contributed by atoms with Crippen molar-refractivity contribution in [1.82, 2.24) is 5.32 Å². The smallest absolute Gasteiger partial charge is 0.287 e. The van der Waals surface area contributed by atoms with Gasteiger partial charge in [-0.25, -0.2) is 0 Å². The number of benzene rings is 1. The largest absolute Gasteiger partial charge is 0.497 e. The lowest BCUT2D eigenvalue weighted by atomic mass is 9.95. The highest BCUT2D eigenvalue weighted by molar-refractivity contribution is 5.91. The second-order valence-corrected chi connectivity index (χ2v) is 6.04. The molecule has 0 radical (unpaired) electrons. The molecule has 3 rings (SSSR count). The first kappa shape index (κ1) is 16.4. The maximum atomic E-state index is 12.2. The molecule has 1 heterocycles. The molecule has 0 aliphatic heterocycles. The third-order valence-electron chi connectivity index (χ3n) is 4.27. The molecule has 1 aromatic carbocycles. The van der Waals surface area contributed by atoms with E-state index in [9.17, 15) is 4.79 Å². The zero-order chi connectivity index (χ0) is 16.8. The first-order valence-corrected chi connectivity index (χ1v) is 8.41. The van der Waals surface area contributed by atoms with Crippen LogP contribution in [-0.2, 0) is 6.61 Å². The summed E-state index contributed by atoms with van der Waals surface area (Å²) in [6.07, 6.45) is 5.74. The lowest BCUT2D eigenvalue weighted by Crippen LogP contribution is -2.35. The van der Waals surface area contributed by atoms with Crippen LogP contribution < -0.4 is 14.8 Å². The van der Waals surface area contributed by atoms with Crippen LogP contribution in [0.2, 0.25) is 0 Å². The zero-order valence-electron chi connectivity index (χ0n) is 13.9. The Morgan fingerprint density at radius 3 is 2.50 bits per heavy atom. The van der Waals surface area contributed by atoms with Gasteiger partial charge < -0.3 is 19.2 Å². The van der Waals surface area contributed by atoms with Gasteiger partial charge in [-0.15, -0.1) is 0 Å². The van der Waals surface area contributed by atoms with Crippen LogP contribution in [0.25, 0.3) is 0 Å². The summed E-state index contributed by atoms with van der Waals surface area (Å²) in [4.78, 5) is 12.2. The summed E-state index contributed by atoms with van der Waals surface area (Å²) in [5.41, 5.74) is 0. The van der Waals surface area contributed by atoms with Crippen LogP contribution >= 0.6 is 0 Å². The highest BCUT2D eigenvalue weighted by Gasteiger charge is 2.18. The topological polar surface area (TPSA) is 60.7 Å². The minimum Gasteiger partial charge on any atom is -0.497 e. The number of furan rings is 1. The van der Waals surface area contributed by atoms with Crippen LogP contribution in [0.3, 0.4) is 0 Å². The minimum atomic E-state index is -0.141. The van der Waals surface area contributed by atoms with Gasteiger partial charge in [0, 0.05) is 6.04 Å². The van der Waals surface area contributed by atoms with Crippen molar-refractivity contribution in [2.45, 2.75) is 44.8 Å². The van der Waals surface area contributed by atoms with Crippen molar-refractivity contribution in [2.75, 3.05) is 7.11 Å². The number of nitrogens with one attached hydrogen (secondary N) is 1. The van der Waals surface area contributed by atoms with Gasteiger partial charge in [0.2, 0.25) is 0 Å². The quantitative estimate of drug-likeness (QED) is 0.872. The van der Waals surface area contributed by atoms with Crippen LogP contribution in [-0.4, -0.2) is 19.1 Å². The van der Waals surface area contributed by atoms with E-state index >= 15 is 0 Å². The summed E-state index contributed by atoms with van der Waals surface area (Å²) < 4.78 is 16.4. The van der Waals surface area contributed by atoms with E-state index in [1.54, 1.807) is 19.2 Å². The predicted molar refractivity (Wildman–Crippen MR) is 90.4 cm³/mol. The van der Waals surface area contributed by atoms with Crippen LogP contribution in [0.5, 0.6) is 11.5 Å². The Kier molecular flexibility index (Phi) is 5.41. The summed E-state index contributed by atoms with van der Waals surface area (Å²) in [5, 5.41) is 3.05. The summed E-state index contributed by atoms with van der Waals surface area (Å²) in [7, 11) is 1.62. The second-order valence-electron chi connectivity index (χ2n) is 6.04. The normalized spacial score (nSPS) is 15.0. The van der Waals surface area contributed by atoms with Crippen LogP contribution in [0.4, 0.5) is 0 Å². The number of carbonyl (C=O) groups excluding carboxylic acids is 1. The molecular weight excluding hydrogens is 306 g/mol. The van der Waals surface area contributed by atoms with Crippen molar-refractivity contribution >= 4 is 5.91 Å². The summed E-state index contributed by atoms with van der Waals surface area (Å²) in [6.45, 7) is 0.281. The third kappa shape index (κ3) is 4.31. The Bertz CT molecular complexity index is 656. The summed E-state index contributed by atoms with van der Waals surface area (Å²) in [5.74, 6) is 2.33. The average molecular weight is 329 g/mol. The molecule has 1 aliphatic carbocycles. The summed E-state index contributed by atoms with van der Waals surface area (Å²) >= 11 is 0. The first-order valence-electron chi connectivity index (χ1n) is 8.41. The third-order valence-corrected chi connectivity index (χ3v) is 4.27. The van der Waals surface area contributed by atoms with E-state index in [1.165, 1.54) is 19.3 Å². The molecule has 1 saturated carbocycles. The van der Waals surface area contributed by atoms with Crippen molar-refractivity contribution in [3.8, 4) is 11.5 Å². The molecule has 0 unspecified atom stereocenters. The van der Waals surface area contributed by atoms with Gasteiger partial charge in [0.25, 0.3) is 5.91 Å². The van der Waals surface area contributed by atoms with Gasteiger partial charge in [-0.3, -0.25) is 4.79 Å². The van der Waals surface area contributed by atoms with Gasteiger partial charge in [-0.2, -0.15) is 0 Å². The number of carbonyl (C=O) groups is 1. The number of amides is 1. The molecule has 1 aromatic heterocycles. The highest BCUT2D eigenvalue weighted by atomic mass is 16.5. The van der Waals surface area contributed by atoms with E-state index in [2.05, 4.69) is 5.32 Å². The van der Waals surface area contributed by atoms with Crippen LogP contribution in [0.15, 0.2) is 40.8 Å². The molecule has 5 nitrogen and oxygen atoms in total. The molecule has 1 amide bonds. The number of rotatable bonds is 6. The fourth-order valence-corrected chi connectivity index (χ4v) is 2.91. The molecule has 5 heteroatoms. The molecule has 24 heavy (non-hydrogen) atoms. The van der Waals surface area contributed by atoms with Gasteiger partial charge in [-0.1, -0.05) is 19.3 Å². The van der Waals surface area contributed by atoms with E-state index in [0.29, 0.717) is 11.5 Å². The second kappa shape index (κ2) is 7.90. The zero-order valence-corrected chi connectivity index (χ0v) is 13.9.